The molecule has 0 aromatic heterocycles. The fourth-order valence-electron chi connectivity index (χ4n) is 15.8. The van der Waals surface area contributed by atoms with Crippen molar-refractivity contribution in [1.29, 1.82) is 0 Å². The number of aryl methyl sites for hydroxylation is 2. The highest BCUT2D eigenvalue weighted by molar-refractivity contribution is 5.70. The van der Waals surface area contributed by atoms with Crippen molar-refractivity contribution < 1.29 is 28.5 Å². The van der Waals surface area contributed by atoms with Gasteiger partial charge in [0.1, 0.15) is 23.0 Å². The number of carbonyl (C=O) groups excluding carboxylic acids is 2. The predicted molar refractivity (Wildman–Crippen MR) is 246 cm³/mol. The Balaban J connectivity index is 0.000000158. The van der Waals surface area contributed by atoms with Gasteiger partial charge in [-0.15, -0.1) is 0 Å². The quantitative estimate of drug-likeness (QED) is 0.117. The first kappa shape index (κ1) is 42.7. The standard InChI is InChI=1S/C29H36O3.C27H32O3/c1-6-27-13-22-14-28(16-27,23-7-9-25(31-5)19(2)11-23)18-29(15-22,17-27)24-8-10-26(20(3)12-24)32-21(4)30;1-4-25-13-20-14-26(16-25,21-5-9-23(29-3)10-6-21)18-27(15-20,17-25)22-7-11-24(12-8-22)30-19(2)28/h7-12,22H,6,13-18H2,1-5H3;5-12,20H,4,13-18H2,1-3H3. The largest absolute Gasteiger partial charge is 0.497 e. The van der Waals surface area contributed by atoms with Gasteiger partial charge in [0.05, 0.1) is 14.2 Å². The lowest BCUT2D eigenvalue weighted by molar-refractivity contribution is -0.132. The smallest absolute Gasteiger partial charge is 0.308 e. The molecule has 8 aliphatic carbocycles. The van der Waals surface area contributed by atoms with Gasteiger partial charge in [0.15, 0.2) is 0 Å². The zero-order valence-electron chi connectivity index (χ0n) is 38.6. The molecule has 0 N–H and O–H groups in total. The van der Waals surface area contributed by atoms with Gasteiger partial charge in [-0.2, -0.15) is 0 Å². The summed E-state index contributed by atoms with van der Waals surface area (Å²) < 4.78 is 21.7. The molecule has 62 heavy (non-hydrogen) atoms. The zero-order chi connectivity index (χ0) is 43.7. The topological polar surface area (TPSA) is 71.1 Å². The summed E-state index contributed by atoms with van der Waals surface area (Å²) in [6, 6.07) is 30.8. The van der Waals surface area contributed by atoms with Crippen LogP contribution in [0.3, 0.4) is 0 Å². The Morgan fingerprint density at radius 3 is 1.24 bits per heavy atom. The Kier molecular flexibility index (Phi) is 10.7. The van der Waals surface area contributed by atoms with E-state index in [1.807, 2.05) is 18.2 Å². The molecule has 6 nitrogen and oxygen atoms in total. The van der Waals surface area contributed by atoms with E-state index in [9.17, 15) is 9.59 Å². The van der Waals surface area contributed by atoms with Gasteiger partial charge >= 0.3 is 11.9 Å². The van der Waals surface area contributed by atoms with E-state index in [4.69, 9.17) is 18.9 Å². The maximum Gasteiger partial charge on any atom is 0.308 e. The fraction of sp³-hybridized carbons (Fsp3) is 0.536. The summed E-state index contributed by atoms with van der Waals surface area (Å²) in [6.45, 7) is 12.0. The second-order valence-electron chi connectivity index (χ2n) is 21.5. The summed E-state index contributed by atoms with van der Waals surface area (Å²) >= 11 is 0. The van der Waals surface area contributed by atoms with Gasteiger partial charge in [0.25, 0.3) is 0 Å². The molecule has 4 aromatic carbocycles. The molecule has 8 aliphatic rings. The average molecular weight is 837 g/mol. The maximum atomic E-state index is 11.5. The van der Waals surface area contributed by atoms with E-state index in [1.54, 1.807) is 14.2 Å². The first-order valence-corrected chi connectivity index (χ1v) is 23.5. The Bertz CT molecular complexity index is 2350. The van der Waals surface area contributed by atoms with Gasteiger partial charge in [-0.05, 0) is 205 Å². The number of benzene rings is 4. The number of esters is 2. The Morgan fingerprint density at radius 2 is 0.871 bits per heavy atom. The SMILES string of the molecule is CCC12CC3CC(c4ccc(OC)c(C)c4)(C1)CC(c1ccc(OC(C)=O)c(C)c1)(C3)C2.CCC12CC3CC(c4ccc(OC)cc4)(C1)CC(c1ccc(OC(C)=O)cc1)(C3)C2. The molecule has 0 spiro atoms. The van der Waals surface area contributed by atoms with Crippen LogP contribution in [0.1, 0.15) is 151 Å². The molecule has 0 amide bonds. The van der Waals surface area contributed by atoms with Crippen LogP contribution in [0, 0.1) is 36.5 Å². The normalized spacial score (nSPS) is 33.4. The van der Waals surface area contributed by atoms with E-state index in [2.05, 4.69) is 94.4 Å². The lowest BCUT2D eigenvalue weighted by atomic mass is 9.37. The van der Waals surface area contributed by atoms with E-state index in [0.717, 1.165) is 28.9 Å². The summed E-state index contributed by atoms with van der Waals surface area (Å²) in [5, 5.41) is 0. The third-order valence-electron chi connectivity index (χ3n) is 17.3. The van der Waals surface area contributed by atoms with E-state index < -0.39 is 0 Å². The second-order valence-corrected chi connectivity index (χ2v) is 21.5. The van der Waals surface area contributed by atoms with Crippen LogP contribution in [0.4, 0.5) is 0 Å². The van der Waals surface area contributed by atoms with E-state index >= 15 is 0 Å². The molecule has 8 bridgehead atoms. The minimum Gasteiger partial charge on any atom is -0.497 e. The number of ether oxygens (including phenoxy) is 4. The van der Waals surface area contributed by atoms with Crippen molar-refractivity contribution in [2.45, 2.75) is 153 Å². The first-order chi connectivity index (χ1) is 29.6. The molecular weight excluding hydrogens is 769 g/mol. The van der Waals surface area contributed by atoms with Gasteiger partial charge < -0.3 is 18.9 Å². The lowest BCUT2D eigenvalue weighted by Crippen LogP contribution is -2.60. The number of hydrogen-bond donors (Lipinski definition) is 0. The van der Waals surface area contributed by atoms with Crippen LogP contribution in [0.15, 0.2) is 84.9 Å². The van der Waals surface area contributed by atoms with Crippen molar-refractivity contribution in [3.63, 3.8) is 0 Å². The number of rotatable bonds is 10. The zero-order valence-corrected chi connectivity index (χ0v) is 38.6. The third-order valence-corrected chi connectivity index (χ3v) is 17.3. The van der Waals surface area contributed by atoms with Crippen molar-refractivity contribution in [3.8, 4) is 23.0 Å². The highest BCUT2D eigenvalue weighted by Crippen LogP contribution is 2.73. The van der Waals surface area contributed by atoms with Crippen LogP contribution < -0.4 is 18.9 Å². The number of carbonyl (C=O) groups is 2. The molecule has 4 aromatic rings. The van der Waals surface area contributed by atoms with Crippen molar-refractivity contribution in [2.75, 3.05) is 14.2 Å². The minimum atomic E-state index is -0.263. The molecule has 0 saturated heterocycles. The van der Waals surface area contributed by atoms with Crippen LogP contribution in [0.5, 0.6) is 23.0 Å². The second kappa shape index (κ2) is 15.6. The van der Waals surface area contributed by atoms with E-state index in [1.165, 1.54) is 132 Å². The molecule has 0 heterocycles. The third kappa shape index (κ3) is 7.35. The molecule has 6 heteroatoms. The minimum absolute atomic E-state index is 0.211. The molecule has 0 radical (unpaired) electrons. The van der Waals surface area contributed by atoms with Crippen LogP contribution in [0.2, 0.25) is 0 Å². The van der Waals surface area contributed by atoms with Crippen molar-refractivity contribution in [1.82, 2.24) is 0 Å². The van der Waals surface area contributed by atoms with E-state index in [-0.39, 0.29) is 33.6 Å². The predicted octanol–water partition coefficient (Wildman–Crippen LogP) is 13.0. The molecule has 12 rings (SSSR count). The van der Waals surface area contributed by atoms with Crippen molar-refractivity contribution >= 4 is 11.9 Å². The molecule has 8 atom stereocenters. The highest BCUT2D eigenvalue weighted by Gasteiger charge is 2.65. The molecule has 8 unspecified atom stereocenters. The number of methoxy groups -OCH3 is 2. The lowest BCUT2D eigenvalue weighted by Gasteiger charge is -2.67. The molecule has 8 saturated carbocycles. The summed E-state index contributed by atoms with van der Waals surface area (Å²) in [4.78, 5) is 22.8. The van der Waals surface area contributed by atoms with Gasteiger partial charge in [-0.3, -0.25) is 9.59 Å². The Labute approximate surface area is 370 Å². The summed E-state index contributed by atoms with van der Waals surface area (Å²) in [6.07, 6.45) is 18.1. The van der Waals surface area contributed by atoms with Crippen LogP contribution in [0.25, 0.3) is 0 Å². The maximum absolute atomic E-state index is 11.5. The first-order valence-electron chi connectivity index (χ1n) is 23.5. The summed E-state index contributed by atoms with van der Waals surface area (Å²) in [5.74, 6) is 4.30. The van der Waals surface area contributed by atoms with Crippen molar-refractivity contribution in [3.05, 3.63) is 118 Å². The summed E-state index contributed by atoms with van der Waals surface area (Å²) in [7, 11) is 3.50. The van der Waals surface area contributed by atoms with Gasteiger partial charge in [-0.25, -0.2) is 0 Å². The van der Waals surface area contributed by atoms with Crippen molar-refractivity contribution in [2.24, 2.45) is 22.7 Å². The summed E-state index contributed by atoms with van der Waals surface area (Å²) in [5.41, 5.74) is 9.99. The fourth-order valence-corrected chi connectivity index (χ4v) is 15.8. The van der Waals surface area contributed by atoms with Gasteiger partial charge in [0, 0.05) is 13.8 Å². The highest BCUT2D eigenvalue weighted by atomic mass is 16.5. The van der Waals surface area contributed by atoms with E-state index in [0.29, 0.717) is 22.3 Å². The molecular formula is C56H68O6. The van der Waals surface area contributed by atoms with Crippen LogP contribution >= 0.6 is 0 Å². The molecule has 328 valence electrons. The van der Waals surface area contributed by atoms with Gasteiger partial charge in [-0.1, -0.05) is 75.2 Å². The van der Waals surface area contributed by atoms with Gasteiger partial charge in [0.2, 0.25) is 0 Å². The van der Waals surface area contributed by atoms with Crippen LogP contribution in [-0.2, 0) is 31.2 Å². The monoisotopic (exact) mass is 837 g/mol. The Morgan fingerprint density at radius 1 is 0.484 bits per heavy atom. The molecule has 8 fully saturated rings. The Hall–Kier alpha value is -4.58. The van der Waals surface area contributed by atoms with Crippen LogP contribution in [-0.4, -0.2) is 26.2 Å². The molecule has 0 aliphatic heterocycles. The number of hydrogen-bond acceptors (Lipinski definition) is 6. The average Bonchev–Trinajstić information content (AvgIpc) is 3.23.